The molecule has 0 spiro atoms. The first-order valence-corrected chi connectivity index (χ1v) is 6.37. The Balaban J connectivity index is 0.000000442. The zero-order valence-corrected chi connectivity index (χ0v) is 10.9. The molecule has 2 rings (SSSR count). The number of rotatable bonds is 0. The maximum Gasteiger partial charge on any atom is 0.228 e. The second kappa shape index (κ2) is 7.40. The van der Waals surface area contributed by atoms with Gasteiger partial charge in [0, 0.05) is 4.88 Å². The number of amides is 1. The molecule has 1 unspecified atom stereocenters. The summed E-state index contributed by atoms with van der Waals surface area (Å²) in [6.45, 7) is 10.5. The van der Waals surface area contributed by atoms with Crippen molar-refractivity contribution >= 4 is 17.2 Å². The second-order valence-electron chi connectivity index (χ2n) is 2.60. The highest BCUT2D eigenvalue weighted by Gasteiger charge is 2.25. The molecular formula is C11H20N2OS. The van der Waals surface area contributed by atoms with E-state index in [0.717, 1.165) is 10.6 Å². The molecule has 1 N–H and O–H groups in total. The Morgan fingerprint density at radius 3 is 2.60 bits per heavy atom. The molecule has 0 aliphatic carbocycles. The zero-order chi connectivity index (χ0) is 11.8. The number of carbonyl (C=O) groups excluding carboxylic acids is 1. The van der Waals surface area contributed by atoms with Crippen molar-refractivity contribution in [1.29, 1.82) is 0 Å². The van der Waals surface area contributed by atoms with Gasteiger partial charge < -0.3 is 5.32 Å². The first-order valence-electron chi connectivity index (χ1n) is 5.49. The predicted molar refractivity (Wildman–Crippen MR) is 65.1 cm³/mol. The van der Waals surface area contributed by atoms with Gasteiger partial charge in [-0.25, -0.2) is 4.98 Å². The molecule has 3 nitrogen and oxygen atoms in total. The minimum atomic E-state index is -0.00810. The lowest BCUT2D eigenvalue weighted by Crippen LogP contribution is -2.32. The molecule has 1 amide bonds. The highest BCUT2D eigenvalue weighted by atomic mass is 32.1. The lowest BCUT2D eigenvalue weighted by atomic mass is 10.0. The first kappa shape index (κ1) is 14.1. The van der Waals surface area contributed by atoms with E-state index in [4.69, 9.17) is 0 Å². The minimum Gasteiger partial charge on any atom is -0.350 e. The monoisotopic (exact) mass is 228 g/mol. The maximum absolute atomic E-state index is 11.1. The average Bonchev–Trinajstić information content (AvgIpc) is 2.78. The maximum atomic E-state index is 11.1. The first-order chi connectivity index (χ1) is 7.29. The van der Waals surface area contributed by atoms with Crippen molar-refractivity contribution in [3.63, 3.8) is 0 Å². The van der Waals surface area contributed by atoms with Gasteiger partial charge in [0.15, 0.2) is 0 Å². The van der Waals surface area contributed by atoms with Crippen molar-refractivity contribution in [2.45, 2.75) is 47.1 Å². The van der Waals surface area contributed by atoms with Crippen molar-refractivity contribution in [2.24, 2.45) is 0 Å². The topological polar surface area (TPSA) is 42.0 Å². The van der Waals surface area contributed by atoms with Gasteiger partial charge in [0.25, 0.3) is 0 Å². The summed E-state index contributed by atoms with van der Waals surface area (Å²) < 4.78 is 0. The summed E-state index contributed by atoms with van der Waals surface area (Å²) in [5.41, 5.74) is 2.82. The van der Waals surface area contributed by atoms with E-state index in [-0.39, 0.29) is 11.8 Å². The number of nitrogens with one attached hydrogen (secondary N) is 1. The van der Waals surface area contributed by atoms with Gasteiger partial charge in [-0.1, -0.05) is 27.7 Å². The highest BCUT2D eigenvalue weighted by Crippen LogP contribution is 2.26. The molecule has 0 saturated heterocycles. The Kier molecular flexibility index (Phi) is 6.96. The Bertz CT molecular complexity index is 297. The molecule has 1 aromatic rings. The van der Waals surface area contributed by atoms with Gasteiger partial charge in [0.1, 0.15) is 0 Å². The van der Waals surface area contributed by atoms with E-state index >= 15 is 0 Å². The van der Waals surface area contributed by atoms with Crippen LogP contribution in [0.5, 0.6) is 0 Å². The fourth-order valence-electron chi connectivity index (χ4n) is 1.21. The molecule has 1 aliphatic rings. The van der Waals surface area contributed by atoms with Crippen molar-refractivity contribution < 1.29 is 4.79 Å². The fraction of sp³-hybridized carbons (Fsp3) is 0.636. The summed E-state index contributed by atoms with van der Waals surface area (Å²) >= 11 is 1.57. The molecule has 0 bridgehead atoms. The third-order valence-corrected chi connectivity index (χ3v) is 2.94. The van der Waals surface area contributed by atoms with Crippen LogP contribution in [0.3, 0.4) is 0 Å². The summed E-state index contributed by atoms with van der Waals surface area (Å²) in [5.74, 6) is 0.105. The van der Waals surface area contributed by atoms with Crippen LogP contribution in [0.4, 0.5) is 0 Å². The predicted octanol–water partition coefficient (Wildman–Crippen LogP) is 2.93. The Labute approximate surface area is 95.9 Å². The van der Waals surface area contributed by atoms with E-state index in [1.54, 1.807) is 16.8 Å². The Morgan fingerprint density at radius 1 is 1.40 bits per heavy atom. The molecule has 1 aliphatic heterocycles. The van der Waals surface area contributed by atoms with Crippen molar-refractivity contribution in [2.75, 3.05) is 0 Å². The van der Waals surface area contributed by atoms with E-state index in [1.165, 1.54) is 0 Å². The van der Waals surface area contributed by atoms with E-state index in [1.807, 2.05) is 34.6 Å². The van der Waals surface area contributed by atoms with Gasteiger partial charge in [0.05, 0.1) is 23.7 Å². The van der Waals surface area contributed by atoms with Gasteiger partial charge in [-0.15, -0.1) is 11.3 Å². The third-order valence-electron chi connectivity index (χ3n) is 1.89. The molecule has 0 fully saturated rings. The molecule has 0 aromatic carbocycles. The molecule has 1 aromatic heterocycles. The number of hydrogen-bond donors (Lipinski definition) is 1. The molecule has 0 saturated carbocycles. The van der Waals surface area contributed by atoms with E-state index < -0.39 is 0 Å². The van der Waals surface area contributed by atoms with Crippen LogP contribution in [-0.4, -0.2) is 10.9 Å². The smallest absolute Gasteiger partial charge is 0.228 e. The van der Waals surface area contributed by atoms with E-state index in [9.17, 15) is 4.79 Å². The number of nitrogens with zero attached hydrogens (tertiary/aromatic N) is 1. The Hall–Kier alpha value is -0.900. The molecular weight excluding hydrogens is 208 g/mol. The largest absolute Gasteiger partial charge is 0.350 e. The van der Waals surface area contributed by atoms with Crippen LogP contribution in [0.1, 0.15) is 51.1 Å². The standard InChI is InChI=1S/C7H8N2OS.2C2H6/c1-4-6-5(9-3-11-6)2-8-7(4)10;2*1-2/h3-4H,2H2,1H3,(H,8,10);2*1-2H3. The summed E-state index contributed by atoms with van der Waals surface area (Å²) in [5, 5.41) is 2.78. The summed E-state index contributed by atoms with van der Waals surface area (Å²) in [6.07, 6.45) is 0. The van der Waals surface area contributed by atoms with E-state index in [2.05, 4.69) is 10.3 Å². The summed E-state index contributed by atoms with van der Waals surface area (Å²) in [4.78, 5) is 16.4. The van der Waals surface area contributed by atoms with Gasteiger partial charge >= 0.3 is 0 Å². The van der Waals surface area contributed by atoms with Gasteiger partial charge in [-0.3, -0.25) is 4.79 Å². The normalized spacial score (nSPS) is 17.4. The molecule has 1 atom stereocenters. The number of carbonyl (C=O) groups is 1. The van der Waals surface area contributed by atoms with E-state index in [0.29, 0.717) is 6.54 Å². The van der Waals surface area contributed by atoms with Gasteiger partial charge in [-0.2, -0.15) is 0 Å². The third kappa shape index (κ3) is 3.30. The van der Waals surface area contributed by atoms with Gasteiger partial charge in [-0.05, 0) is 6.92 Å². The number of hydrogen-bond acceptors (Lipinski definition) is 3. The lowest BCUT2D eigenvalue weighted by Gasteiger charge is -2.16. The van der Waals surface area contributed by atoms with Gasteiger partial charge in [0.2, 0.25) is 5.91 Å². The number of aromatic nitrogens is 1. The van der Waals surface area contributed by atoms with Crippen LogP contribution < -0.4 is 5.32 Å². The second-order valence-corrected chi connectivity index (χ2v) is 3.49. The molecule has 86 valence electrons. The lowest BCUT2D eigenvalue weighted by molar-refractivity contribution is -0.122. The minimum absolute atomic E-state index is 0.00810. The fourth-order valence-corrected chi connectivity index (χ4v) is 2.07. The Morgan fingerprint density at radius 2 is 2.00 bits per heavy atom. The molecule has 2 heterocycles. The molecule has 0 radical (unpaired) electrons. The van der Waals surface area contributed by atoms with Crippen LogP contribution >= 0.6 is 11.3 Å². The number of thiazole rings is 1. The SMILES string of the molecule is CC.CC.CC1C(=O)NCc2ncsc21. The van der Waals surface area contributed by atoms with Crippen LogP contribution in [0.15, 0.2) is 5.51 Å². The van der Waals surface area contributed by atoms with Crippen molar-refractivity contribution in [3.8, 4) is 0 Å². The molecule has 15 heavy (non-hydrogen) atoms. The van der Waals surface area contributed by atoms with Crippen LogP contribution in [0, 0.1) is 0 Å². The quantitative estimate of drug-likeness (QED) is 0.742. The summed E-state index contributed by atoms with van der Waals surface area (Å²) in [6, 6.07) is 0. The zero-order valence-electron chi connectivity index (χ0n) is 10.1. The average molecular weight is 228 g/mol. The molecule has 4 heteroatoms. The van der Waals surface area contributed by atoms with Crippen LogP contribution in [-0.2, 0) is 11.3 Å². The number of fused-ring (bicyclic) bond motifs is 1. The summed E-state index contributed by atoms with van der Waals surface area (Å²) in [7, 11) is 0. The highest BCUT2D eigenvalue weighted by molar-refractivity contribution is 7.10. The van der Waals surface area contributed by atoms with Crippen molar-refractivity contribution in [1.82, 2.24) is 10.3 Å². The van der Waals surface area contributed by atoms with Crippen LogP contribution in [0.2, 0.25) is 0 Å². The van der Waals surface area contributed by atoms with Crippen LogP contribution in [0.25, 0.3) is 0 Å². The van der Waals surface area contributed by atoms with Crippen molar-refractivity contribution in [3.05, 3.63) is 16.1 Å².